The summed E-state index contributed by atoms with van der Waals surface area (Å²) in [6, 6.07) is 19.8. The molecule has 0 fully saturated rings. The first-order valence-electron chi connectivity index (χ1n) is 9.71. The van der Waals surface area contributed by atoms with Gasteiger partial charge in [-0.25, -0.2) is 4.98 Å². The SMILES string of the molecule is Cc1ccc(-c2nc3ccc(C)cn3c2C(=O)N2CCOc3ccccc32)cc1. The van der Waals surface area contributed by atoms with Crippen LogP contribution in [0.4, 0.5) is 5.69 Å². The van der Waals surface area contributed by atoms with Gasteiger partial charge in [0.25, 0.3) is 5.91 Å². The van der Waals surface area contributed by atoms with E-state index in [4.69, 9.17) is 9.72 Å². The normalized spacial score (nSPS) is 13.2. The lowest BCUT2D eigenvalue weighted by Crippen LogP contribution is -2.38. The van der Waals surface area contributed by atoms with Crippen molar-refractivity contribution in [3.63, 3.8) is 0 Å². The zero-order valence-corrected chi connectivity index (χ0v) is 16.4. The van der Waals surface area contributed by atoms with Crippen LogP contribution in [0.3, 0.4) is 0 Å². The summed E-state index contributed by atoms with van der Waals surface area (Å²) in [4.78, 5) is 20.4. The Morgan fingerprint density at radius 1 is 0.966 bits per heavy atom. The number of nitrogens with zero attached hydrogens (tertiary/aromatic N) is 3. The molecule has 1 amide bonds. The average Bonchev–Trinajstić information content (AvgIpc) is 3.12. The lowest BCUT2D eigenvalue weighted by atomic mass is 10.1. The molecule has 5 heteroatoms. The summed E-state index contributed by atoms with van der Waals surface area (Å²) in [7, 11) is 0. The van der Waals surface area contributed by atoms with Gasteiger partial charge in [0.15, 0.2) is 0 Å². The summed E-state index contributed by atoms with van der Waals surface area (Å²) in [6.45, 7) is 5.04. The number of hydrogen-bond acceptors (Lipinski definition) is 3. The van der Waals surface area contributed by atoms with Crippen LogP contribution in [0, 0.1) is 13.8 Å². The minimum atomic E-state index is -0.0746. The maximum atomic E-state index is 13.8. The molecule has 144 valence electrons. The maximum absolute atomic E-state index is 13.8. The Balaban J connectivity index is 1.71. The molecule has 2 aromatic heterocycles. The molecule has 1 aliphatic rings. The highest BCUT2D eigenvalue weighted by molar-refractivity contribution is 6.10. The van der Waals surface area contributed by atoms with Gasteiger partial charge in [0.1, 0.15) is 29.4 Å². The number of imidazole rings is 1. The number of benzene rings is 2. The van der Waals surface area contributed by atoms with E-state index in [-0.39, 0.29) is 5.91 Å². The number of carbonyl (C=O) groups excluding carboxylic acids is 1. The van der Waals surface area contributed by atoms with E-state index in [1.807, 2.05) is 85.1 Å². The third kappa shape index (κ3) is 2.95. The Hall–Kier alpha value is -3.60. The van der Waals surface area contributed by atoms with E-state index in [1.165, 1.54) is 5.56 Å². The van der Waals surface area contributed by atoms with E-state index in [2.05, 4.69) is 0 Å². The number of amides is 1. The minimum Gasteiger partial charge on any atom is -0.490 e. The number of pyridine rings is 1. The van der Waals surface area contributed by atoms with Gasteiger partial charge in [-0.3, -0.25) is 9.20 Å². The molecule has 4 aromatic rings. The van der Waals surface area contributed by atoms with Crippen molar-refractivity contribution in [1.29, 1.82) is 0 Å². The summed E-state index contributed by atoms with van der Waals surface area (Å²) in [6.07, 6.45) is 1.97. The number of ether oxygens (including phenoxy) is 1. The summed E-state index contributed by atoms with van der Waals surface area (Å²) >= 11 is 0. The number of carbonyl (C=O) groups is 1. The van der Waals surface area contributed by atoms with Crippen molar-refractivity contribution in [2.45, 2.75) is 13.8 Å². The number of anilines is 1. The van der Waals surface area contributed by atoms with Crippen molar-refractivity contribution in [3.8, 4) is 17.0 Å². The van der Waals surface area contributed by atoms with Crippen LogP contribution in [-0.2, 0) is 0 Å². The first-order valence-corrected chi connectivity index (χ1v) is 9.71. The van der Waals surface area contributed by atoms with Crippen molar-refractivity contribution in [1.82, 2.24) is 9.38 Å². The smallest absolute Gasteiger partial charge is 0.277 e. The number of rotatable bonds is 2. The Bertz CT molecular complexity index is 1220. The molecule has 5 nitrogen and oxygen atoms in total. The fourth-order valence-corrected chi connectivity index (χ4v) is 3.78. The van der Waals surface area contributed by atoms with Gasteiger partial charge in [-0.15, -0.1) is 0 Å². The number of para-hydroxylation sites is 2. The van der Waals surface area contributed by atoms with E-state index in [0.717, 1.165) is 28.2 Å². The predicted molar refractivity (Wildman–Crippen MR) is 114 cm³/mol. The molecule has 5 rings (SSSR count). The third-order valence-corrected chi connectivity index (χ3v) is 5.27. The van der Waals surface area contributed by atoms with Crippen molar-refractivity contribution in [2.75, 3.05) is 18.1 Å². The second-order valence-electron chi connectivity index (χ2n) is 7.38. The van der Waals surface area contributed by atoms with Crippen LogP contribution in [0.25, 0.3) is 16.9 Å². The van der Waals surface area contributed by atoms with Crippen LogP contribution < -0.4 is 9.64 Å². The first kappa shape index (κ1) is 17.5. The van der Waals surface area contributed by atoms with Crippen molar-refractivity contribution in [3.05, 3.63) is 83.7 Å². The van der Waals surface area contributed by atoms with E-state index in [0.29, 0.717) is 24.5 Å². The van der Waals surface area contributed by atoms with Gasteiger partial charge in [0, 0.05) is 11.8 Å². The van der Waals surface area contributed by atoms with Gasteiger partial charge >= 0.3 is 0 Å². The maximum Gasteiger partial charge on any atom is 0.277 e. The summed E-state index contributed by atoms with van der Waals surface area (Å²) in [5.74, 6) is 0.656. The Morgan fingerprint density at radius 2 is 1.72 bits per heavy atom. The molecular formula is C24H21N3O2. The lowest BCUT2D eigenvalue weighted by molar-refractivity contribution is 0.0971. The van der Waals surface area contributed by atoms with E-state index in [1.54, 1.807) is 4.90 Å². The van der Waals surface area contributed by atoms with Gasteiger partial charge < -0.3 is 9.64 Å². The third-order valence-electron chi connectivity index (χ3n) is 5.27. The Morgan fingerprint density at radius 3 is 2.55 bits per heavy atom. The van der Waals surface area contributed by atoms with Gasteiger partial charge in [-0.05, 0) is 37.6 Å². The predicted octanol–water partition coefficient (Wildman–Crippen LogP) is 4.66. The summed E-state index contributed by atoms with van der Waals surface area (Å²) in [5.41, 5.74) is 6.00. The van der Waals surface area contributed by atoms with E-state index < -0.39 is 0 Å². The first-order chi connectivity index (χ1) is 14.1. The quantitative estimate of drug-likeness (QED) is 0.506. The van der Waals surface area contributed by atoms with Gasteiger partial charge in [-0.2, -0.15) is 0 Å². The Labute approximate surface area is 169 Å². The molecule has 0 saturated heterocycles. The zero-order valence-electron chi connectivity index (χ0n) is 16.4. The zero-order chi connectivity index (χ0) is 20.0. The van der Waals surface area contributed by atoms with Crippen LogP contribution >= 0.6 is 0 Å². The lowest BCUT2D eigenvalue weighted by Gasteiger charge is -2.29. The molecule has 0 saturated carbocycles. The largest absolute Gasteiger partial charge is 0.490 e. The van der Waals surface area contributed by atoms with Crippen molar-refractivity contribution < 1.29 is 9.53 Å². The van der Waals surface area contributed by atoms with Crippen LogP contribution in [0.5, 0.6) is 5.75 Å². The van der Waals surface area contributed by atoms with Gasteiger partial charge in [0.2, 0.25) is 0 Å². The average molecular weight is 383 g/mol. The number of aryl methyl sites for hydroxylation is 2. The van der Waals surface area contributed by atoms with E-state index >= 15 is 0 Å². The molecule has 29 heavy (non-hydrogen) atoms. The topological polar surface area (TPSA) is 46.8 Å². The highest BCUT2D eigenvalue weighted by Crippen LogP contribution is 2.34. The monoisotopic (exact) mass is 383 g/mol. The number of aromatic nitrogens is 2. The molecule has 3 heterocycles. The molecule has 1 aliphatic heterocycles. The van der Waals surface area contributed by atoms with Crippen molar-refractivity contribution in [2.24, 2.45) is 0 Å². The molecule has 0 bridgehead atoms. The number of hydrogen-bond donors (Lipinski definition) is 0. The molecule has 2 aromatic carbocycles. The Kier molecular flexibility index (Phi) is 4.09. The van der Waals surface area contributed by atoms with Gasteiger partial charge in [-0.1, -0.05) is 48.0 Å². The molecule has 0 spiro atoms. The fourth-order valence-electron chi connectivity index (χ4n) is 3.78. The van der Waals surface area contributed by atoms with E-state index in [9.17, 15) is 4.79 Å². The highest BCUT2D eigenvalue weighted by Gasteiger charge is 2.29. The molecule has 0 N–H and O–H groups in total. The summed E-state index contributed by atoms with van der Waals surface area (Å²) < 4.78 is 7.65. The van der Waals surface area contributed by atoms with Crippen LogP contribution in [0.2, 0.25) is 0 Å². The molecule has 0 radical (unpaired) electrons. The van der Waals surface area contributed by atoms with Crippen LogP contribution in [0.15, 0.2) is 66.9 Å². The van der Waals surface area contributed by atoms with Gasteiger partial charge in [0.05, 0.1) is 12.2 Å². The number of fused-ring (bicyclic) bond motifs is 2. The molecular weight excluding hydrogens is 362 g/mol. The van der Waals surface area contributed by atoms with Crippen molar-refractivity contribution >= 4 is 17.2 Å². The standard InChI is InChI=1S/C24H21N3O2/c1-16-7-10-18(11-8-16)22-23(27-15-17(2)9-12-21(27)25-22)24(28)26-13-14-29-20-6-4-3-5-19(20)26/h3-12,15H,13-14H2,1-2H3. The highest BCUT2D eigenvalue weighted by atomic mass is 16.5. The second-order valence-corrected chi connectivity index (χ2v) is 7.38. The summed E-state index contributed by atoms with van der Waals surface area (Å²) in [5, 5.41) is 0. The van der Waals surface area contributed by atoms with Crippen LogP contribution in [0.1, 0.15) is 21.6 Å². The molecule has 0 aliphatic carbocycles. The molecule has 0 atom stereocenters. The second kappa shape index (κ2) is 6.78. The molecule has 0 unspecified atom stereocenters. The minimum absolute atomic E-state index is 0.0746. The van der Waals surface area contributed by atoms with Crippen LogP contribution in [-0.4, -0.2) is 28.4 Å². The fraction of sp³-hybridized carbons (Fsp3) is 0.167.